The molecule has 3 heteroatoms. The Labute approximate surface area is 58.1 Å². The van der Waals surface area contributed by atoms with E-state index >= 15 is 0 Å². The normalized spacial score (nSPS) is 5.86. The van der Waals surface area contributed by atoms with Crippen LogP contribution in [0, 0.1) is 6.08 Å². The number of rotatable bonds is 1. The summed E-state index contributed by atoms with van der Waals surface area (Å²) in [7, 11) is 1.28. The molecule has 0 aliphatic heterocycles. The van der Waals surface area contributed by atoms with E-state index in [1.165, 1.54) is 7.11 Å². The molecule has 7 heavy (non-hydrogen) atoms. The summed E-state index contributed by atoms with van der Waals surface area (Å²) in [6.45, 7) is 3.03. The smallest absolute Gasteiger partial charge is 0.493 e. The van der Waals surface area contributed by atoms with Crippen molar-refractivity contribution in [2.75, 3.05) is 7.11 Å². The number of ether oxygens (including phenoxy) is 1. The summed E-state index contributed by atoms with van der Waals surface area (Å²) < 4.78 is 4.09. The van der Waals surface area contributed by atoms with Gasteiger partial charge in [0.25, 0.3) is 0 Å². The quantitative estimate of drug-likeness (QED) is 0.296. The van der Waals surface area contributed by atoms with Crippen molar-refractivity contribution in [3.05, 3.63) is 12.7 Å². The molecule has 0 fully saturated rings. The van der Waals surface area contributed by atoms with Crippen LogP contribution in [-0.4, -0.2) is 13.1 Å². The Hall–Kier alpha value is -0.0497. The van der Waals surface area contributed by atoms with E-state index in [9.17, 15) is 4.79 Å². The van der Waals surface area contributed by atoms with Crippen molar-refractivity contribution in [1.82, 2.24) is 0 Å². The third kappa shape index (κ3) is 5.95. The molecule has 0 aliphatic rings. The van der Waals surface area contributed by atoms with Crippen molar-refractivity contribution in [2.24, 2.45) is 0 Å². The molecule has 0 radical (unpaired) electrons. The molecule has 0 aromatic rings. The van der Waals surface area contributed by atoms with Gasteiger partial charge in [-0.3, -0.25) is 11.4 Å². The van der Waals surface area contributed by atoms with Gasteiger partial charge in [0.2, 0.25) is 0 Å². The molecule has 0 spiro atoms. The van der Waals surface area contributed by atoms with Crippen molar-refractivity contribution in [1.29, 1.82) is 0 Å². The Kier molecular flexibility index (Phi) is 8.54. The van der Waals surface area contributed by atoms with Crippen LogP contribution >= 0.6 is 0 Å². The number of methoxy groups -OCH3 is 1. The largest absolute Gasteiger partial charge is 1.00 e. The summed E-state index contributed by atoms with van der Waals surface area (Å²) in [5.41, 5.74) is 0. The van der Waals surface area contributed by atoms with Gasteiger partial charge in [0, 0.05) is 0 Å². The fraction of sp³-hybridized carbons (Fsp3) is 0.250. The Bertz CT molecular complexity index is 70.1. The van der Waals surface area contributed by atoms with Crippen LogP contribution in [0.5, 0.6) is 0 Å². The summed E-state index contributed by atoms with van der Waals surface area (Å²) >= 11 is 0. The molecule has 0 rings (SSSR count). The van der Waals surface area contributed by atoms with E-state index < -0.39 is 5.97 Å². The number of carbonyl (C=O) groups is 1. The van der Waals surface area contributed by atoms with Crippen LogP contribution in [0.2, 0.25) is 0 Å². The van der Waals surface area contributed by atoms with Gasteiger partial charge in [0.05, 0.1) is 7.11 Å². The predicted octanol–water partition coefficient (Wildman–Crippen LogP) is 0.146. The fourth-order valence-electron chi connectivity index (χ4n) is 0.0722. The van der Waals surface area contributed by atoms with Gasteiger partial charge < -0.3 is 10.8 Å². The first-order valence-corrected chi connectivity index (χ1v) is 1.42. The van der Waals surface area contributed by atoms with Crippen LogP contribution in [-0.2, 0) is 31.9 Å². The van der Waals surface area contributed by atoms with E-state index in [-0.39, 0.29) is 22.4 Å². The van der Waals surface area contributed by atoms with Crippen molar-refractivity contribution in [2.45, 2.75) is 0 Å². The van der Waals surface area contributed by atoms with Gasteiger partial charge >= 0.3 is 22.4 Å². The molecule has 0 N–H and O–H groups in total. The average molecular weight is 282 g/mol. The van der Waals surface area contributed by atoms with Gasteiger partial charge in [-0.2, -0.15) is 0 Å². The molecule has 0 aromatic heterocycles. The zero-order valence-corrected chi connectivity index (χ0v) is 5.99. The zero-order valence-electron chi connectivity index (χ0n) is 3.83. The van der Waals surface area contributed by atoms with Gasteiger partial charge in [0.1, 0.15) is 5.97 Å². The van der Waals surface area contributed by atoms with Gasteiger partial charge in [-0.25, -0.2) is 0 Å². The van der Waals surface area contributed by atoms with Crippen LogP contribution in [0.1, 0.15) is 0 Å². The van der Waals surface area contributed by atoms with E-state index in [0.29, 0.717) is 0 Å². The molecular weight excluding hydrogens is 277 g/mol. The van der Waals surface area contributed by atoms with Gasteiger partial charge in [-0.1, -0.05) is 0 Å². The SMILES string of the molecule is C=[C-]C(=O)OC.[Au+]. The van der Waals surface area contributed by atoms with Crippen molar-refractivity contribution in [3.63, 3.8) is 0 Å². The number of hydrogen-bond acceptors (Lipinski definition) is 2. The predicted molar refractivity (Wildman–Crippen MR) is 20.9 cm³/mol. The van der Waals surface area contributed by atoms with Gasteiger partial charge in [0.15, 0.2) is 0 Å². The van der Waals surface area contributed by atoms with E-state index in [0.717, 1.165) is 0 Å². The monoisotopic (exact) mass is 282 g/mol. The van der Waals surface area contributed by atoms with Crippen LogP contribution < -0.4 is 0 Å². The third-order valence-corrected chi connectivity index (χ3v) is 0.330. The molecule has 0 bridgehead atoms. The Morgan fingerprint density at radius 2 is 2.29 bits per heavy atom. The van der Waals surface area contributed by atoms with E-state index in [1.54, 1.807) is 0 Å². The second-order valence-corrected chi connectivity index (χ2v) is 0.668. The van der Waals surface area contributed by atoms with Crippen LogP contribution in [0.15, 0.2) is 6.58 Å². The first kappa shape index (κ1) is 10.0. The summed E-state index contributed by atoms with van der Waals surface area (Å²) in [4.78, 5) is 9.78. The minimum Gasteiger partial charge on any atom is -0.493 e. The second kappa shape index (κ2) is 5.95. The average Bonchev–Trinajstić information content (AvgIpc) is 1.65. The number of esters is 1. The molecule has 0 heterocycles. The van der Waals surface area contributed by atoms with Crippen LogP contribution in [0.4, 0.5) is 0 Å². The van der Waals surface area contributed by atoms with Gasteiger partial charge in [-0.05, 0) is 0 Å². The minimum absolute atomic E-state index is 0. The molecule has 0 aromatic carbocycles. The standard InChI is InChI=1S/C4H5O2.Au/c1-3-4(5)6-2;/h1H2,2H3;/q-1;+1. The maximum atomic E-state index is 9.78. The Morgan fingerprint density at radius 3 is 2.29 bits per heavy atom. The topological polar surface area (TPSA) is 26.3 Å². The van der Waals surface area contributed by atoms with E-state index in [1.807, 2.05) is 6.08 Å². The maximum absolute atomic E-state index is 9.78. The van der Waals surface area contributed by atoms with E-state index in [4.69, 9.17) is 0 Å². The Morgan fingerprint density at radius 1 is 1.86 bits per heavy atom. The molecule has 0 saturated carbocycles. The summed E-state index contributed by atoms with van der Waals surface area (Å²) in [5, 5.41) is 0. The fourth-order valence-corrected chi connectivity index (χ4v) is 0.0722. The summed E-state index contributed by atoms with van der Waals surface area (Å²) in [6, 6.07) is 0. The second-order valence-electron chi connectivity index (χ2n) is 0.668. The molecular formula is C4H5AuO2. The van der Waals surface area contributed by atoms with Crippen molar-refractivity contribution >= 4 is 5.97 Å². The summed E-state index contributed by atoms with van der Waals surface area (Å²) in [6.07, 6.45) is 2.00. The van der Waals surface area contributed by atoms with Crippen LogP contribution in [0.3, 0.4) is 0 Å². The first-order chi connectivity index (χ1) is 2.81. The molecule has 0 aliphatic carbocycles. The first-order valence-electron chi connectivity index (χ1n) is 1.42. The third-order valence-electron chi connectivity index (χ3n) is 0.330. The van der Waals surface area contributed by atoms with Crippen LogP contribution in [0.25, 0.3) is 0 Å². The Balaban J connectivity index is 0. The number of carbonyl (C=O) groups excluding carboxylic acids is 1. The molecule has 0 amide bonds. The van der Waals surface area contributed by atoms with Gasteiger partial charge in [-0.15, -0.1) is 0 Å². The molecule has 0 unspecified atom stereocenters. The molecule has 0 atom stereocenters. The zero-order chi connectivity index (χ0) is 4.99. The molecule has 0 saturated heterocycles. The minimum atomic E-state index is -0.519. The summed E-state index contributed by atoms with van der Waals surface area (Å²) in [5.74, 6) is -0.519. The van der Waals surface area contributed by atoms with Crippen molar-refractivity contribution in [3.8, 4) is 0 Å². The molecule has 2 nitrogen and oxygen atoms in total. The van der Waals surface area contributed by atoms with E-state index in [2.05, 4.69) is 11.3 Å². The molecule has 44 valence electrons. The van der Waals surface area contributed by atoms with Crippen molar-refractivity contribution < 1.29 is 31.9 Å². The number of hydrogen-bond donors (Lipinski definition) is 0. The maximum Gasteiger partial charge on any atom is 1.00 e.